The minimum Gasteiger partial charge on any atom is -0.480 e. The summed E-state index contributed by atoms with van der Waals surface area (Å²) in [7, 11) is 0. The third-order valence-corrected chi connectivity index (χ3v) is 3.50. The molecule has 1 saturated carbocycles. The number of aliphatic carboxylic acids is 1. The summed E-state index contributed by atoms with van der Waals surface area (Å²) in [6.07, 6.45) is 1.37. The van der Waals surface area contributed by atoms with Gasteiger partial charge in [0.25, 0.3) is 5.91 Å². The van der Waals surface area contributed by atoms with Crippen molar-refractivity contribution in [1.82, 2.24) is 4.90 Å². The van der Waals surface area contributed by atoms with Gasteiger partial charge in [0.15, 0.2) is 11.6 Å². The highest BCUT2D eigenvalue weighted by Gasteiger charge is 2.39. The molecule has 1 unspecified atom stereocenters. The molecule has 1 aromatic carbocycles. The van der Waals surface area contributed by atoms with E-state index in [0.717, 1.165) is 4.90 Å². The lowest BCUT2D eigenvalue weighted by molar-refractivity contribution is -0.141. The van der Waals surface area contributed by atoms with Crippen LogP contribution in [0.3, 0.4) is 0 Å². The molecule has 0 radical (unpaired) electrons. The van der Waals surface area contributed by atoms with Gasteiger partial charge in [0, 0.05) is 6.04 Å². The standard InChI is InChI=1S/C13H12ClF2NO3/c1-6(13(19)20)17(7-2-3-7)12(18)8-4-10(15)11(16)5-9(8)14/h4-7H,2-3H2,1H3,(H,19,20). The zero-order chi connectivity index (χ0) is 15.0. The number of hydrogen-bond donors (Lipinski definition) is 1. The fourth-order valence-corrected chi connectivity index (χ4v) is 2.19. The van der Waals surface area contributed by atoms with Gasteiger partial charge in [-0.3, -0.25) is 4.79 Å². The van der Waals surface area contributed by atoms with E-state index in [1.165, 1.54) is 6.92 Å². The Morgan fingerprint density at radius 3 is 2.40 bits per heavy atom. The van der Waals surface area contributed by atoms with Crippen molar-refractivity contribution in [3.05, 3.63) is 34.4 Å². The van der Waals surface area contributed by atoms with Gasteiger partial charge in [-0.1, -0.05) is 11.6 Å². The number of halogens is 3. The van der Waals surface area contributed by atoms with Crippen molar-refractivity contribution in [2.75, 3.05) is 0 Å². The largest absolute Gasteiger partial charge is 0.480 e. The normalized spacial score (nSPS) is 15.8. The predicted octanol–water partition coefficient (Wildman–Crippen LogP) is 2.70. The van der Waals surface area contributed by atoms with Crippen LogP contribution in [0.15, 0.2) is 12.1 Å². The van der Waals surface area contributed by atoms with Crippen LogP contribution in [0.1, 0.15) is 30.1 Å². The highest BCUT2D eigenvalue weighted by Crippen LogP contribution is 2.32. The van der Waals surface area contributed by atoms with Crippen LogP contribution in [-0.2, 0) is 4.79 Å². The van der Waals surface area contributed by atoms with Crippen molar-refractivity contribution in [2.24, 2.45) is 0 Å². The van der Waals surface area contributed by atoms with Gasteiger partial charge in [-0.2, -0.15) is 0 Å². The molecule has 108 valence electrons. The maximum Gasteiger partial charge on any atom is 0.326 e. The molecule has 7 heteroatoms. The Bertz CT molecular complexity index is 575. The van der Waals surface area contributed by atoms with Gasteiger partial charge in [-0.15, -0.1) is 0 Å². The monoisotopic (exact) mass is 303 g/mol. The van der Waals surface area contributed by atoms with Crippen molar-refractivity contribution in [3.8, 4) is 0 Å². The Kier molecular flexibility index (Phi) is 3.94. The quantitative estimate of drug-likeness (QED) is 0.870. The molecule has 1 fully saturated rings. The molecule has 0 spiro atoms. The summed E-state index contributed by atoms with van der Waals surface area (Å²) in [5.41, 5.74) is -0.231. The minimum absolute atomic E-state index is 0.196. The average molecular weight is 304 g/mol. The number of carboxylic acids is 1. The number of nitrogens with zero attached hydrogens (tertiary/aromatic N) is 1. The fraction of sp³-hybridized carbons (Fsp3) is 0.385. The molecule has 0 aliphatic heterocycles. The zero-order valence-corrected chi connectivity index (χ0v) is 11.3. The van der Waals surface area contributed by atoms with Crippen LogP contribution < -0.4 is 0 Å². The second-order valence-electron chi connectivity index (χ2n) is 4.70. The Morgan fingerprint density at radius 1 is 1.35 bits per heavy atom. The van der Waals surface area contributed by atoms with Gasteiger partial charge in [-0.25, -0.2) is 13.6 Å². The van der Waals surface area contributed by atoms with E-state index in [1.807, 2.05) is 0 Å². The third kappa shape index (κ3) is 2.75. The molecule has 2 rings (SSSR count). The van der Waals surface area contributed by atoms with Crippen molar-refractivity contribution < 1.29 is 23.5 Å². The van der Waals surface area contributed by atoms with E-state index in [4.69, 9.17) is 16.7 Å². The predicted molar refractivity (Wildman–Crippen MR) is 67.7 cm³/mol. The average Bonchev–Trinajstić information content (AvgIpc) is 3.18. The summed E-state index contributed by atoms with van der Waals surface area (Å²) in [6.45, 7) is 1.37. The first kappa shape index (κ1) is 14.7. The number of rotatable bonds is 4. The second kappa shape index (κ2) is 5.36. The van der Waals surface area contributed by atoms with Gasteiger partial charge < -0.3 is 10.0 Å². The third-order valence-electron chi connectivity index (χ3n) is 3.19. The summed E-state index contributed by atoms with van der Waals surface area (Å²) in [5.74, 6) is -4.22. The summed E-state index contributed by atoms with van der Waals surface area (Å²) in [4.78, 5) is 24.6. The summed E-state index contributed by atoms with van der Waals surface area (Å²) in [5, 5.41) is 8.79. The molecule has 1 aliphatic carbocycles. The molecule has 1 aromatic rings. The van der Waals surface area contributed by atoms with E-state index in [-0.39, 0.29) is 16.6 Å². The molecule has 4 nitrogen and oxygen atoms in total. The van der Waals surface area contributed by atoms with E-state index < -0.39 is 29.6 Å². The van der Waals surface area contributed by atoms with Gasteiger partial charge >= 0.3 is 5.97 Å². The first-order valence-corrected chi connectivity index (χ1v) is 6.40. The van der Waals surface area contributed by atoms with Crippen molar-refractivity contribution >= 4 is 23.5 Å². The van der Waals surface area contributed by atoms with Gasteiger partial charge in [-0.05, 0) is 31.9 Å². The molecule has 1 amide bonds. The molecule has 20 heavy (non-hydrogen) atoms. The van der Waals surface area contributed by atoms with Crippen LogP contribution in [0.4, 0.5) is 8.78 Å². The highest BCUT2D eigenvalue weighted by molar-refractivity contribution is 6.33. The number of carbonyl (C=O) groups is 2. The SMILES string of the molecule is CC(C(=O)O)N(C(=O)c1cc(F)c(F)cc1Cl)C1CC1. The summed E-state index contributed by atoms with van der Waals surface area (Å²) < 4.78 is 26.2. The first-order valence-electron chi connectivity index (χ1n) is 6.03. The zero-order valence-electron chi connectivity index (χ0n) is 10.6. The van der Waals surface area contributed by atoms with Gasteiger partial charge in [0.2, 0.25) is 0 Å². The van der Waals surface area contributed by atoms with E-state index in [9.17, 15) is 18.4 Å². The van der Waals surface area contributed by atoms with Crippen LogP contribution in [0.2, 0.25) is 5.02 Å². The Labute approximate surface area is 118 Å². The van der Waals surface area contributed by atoms with E-state index >= 15 is 0 Å². The first-order chi connectivity index (χ1) is 9.32. The van der Waals surface area contributed by atoms with Crippen molar-refractivity contribution in [1.29, 1.82) is 0 Å². The Balaban J connectivity index is 2.37. The lowest BCUT2D eigenvalue weighted by atomic mass is 10.1. The Morgan fingerprint density at radius 2 is 1.90 bits per heavy atom. The van der Waals surface area contributed by atoms with Crippen LogP contribution >= 0.6 is 11.6 Å². The molecular weight excluding hydrogens is 292 g/mol. The fourth-order valence-electron chi connectivity index (χ4n) is 1.96. The molecular formula is C13H12ClF2NO3. The minimum atomic E-state index is -1.20. The smallest absolute Gasteiger partial charge is 0.326 e. The number of hydrogen-bond acceptors (Lipinski definition) is 2. The van der Waals surface area contributed by atoms with E-state index in [1.54, 1.807) is 0 Å². The van der Waals surface area contributed by atoms with E-state index in [2.05, 4.69) is 0 Å². The number of carboxylic acid groups (broad SMARTS) is 1. The van der Waals surface area contributed by atoms with Crippen molar-refractivity contribution in [2.45, 2.75) is 31.8 Å². The molecule has 1 N–H and O–H groups in total. The van der Waals surface area contributed by atoms with Crippen LogP contribution in [-0.4, -0.2) is 34.0 Å². The van der Waals surface area contributed by atoms with E-state index in [0.29, 0.717) is 25.0 Å². The van der Waals surface area contributed by atoms with Gasteiger partial charge in [0.1, 0.15) is 6.04 Å². The highest BCUT2D eigenvalue weighted by atomic mass is 35.5. The molecule has 1 atom stereocenters. The number of carbonyl (C=O) groups excluding carboxylic acids is 1. The number of amides is 1. The maximum absolute atomic E-state index is 13.2. The van der Waals surface area contributed by atoms with Crippen LogP contribution in [0, 0.1) is 11.6 Å². The molecule has 0 bridgehead atoms. The summed E-state index contributed by atoms with van der Waals surface area (Å²) in [6, 6.07) is 0.155. The molecule has 1 aliphatic rings. The number of benzene rings is 1. The maximum atomic E-state index is 13.2. The topological polar surface area (TPSA) is 57.6 Å². The molecule has 0 heterocycles. The summed E-state index contributed by atoms with van der Waals surface area (Å²) >= 11 is 5.75. The van der Waals surface area contributed by atoms with Crippen molar-refractivity contribution in [3.63, 3.8) is 0 Å². The second-order valence-corrected chi connectivity index (χ2v) is 5.11. The van der Waals surface area contributed by atoms with Crippen LogP contribution in [0.5, 0.6) is 0 Å². The van der Waals surface area contributed by atoms with Crippen LogP contribution in [0.25, 0.3) is 0 Å². The molecule has 0 aromatic heterocycles. The van der Waals surface area contributed by atoms with Gasteiger partial charge in [0.05, 0.1) is 10.6 Å². The lowest BCUT2D eigenvalue weighted by Crippen LogP contribution is -2.44. The molecule has 0 saturated heterocycles. The lowest BCUT2D eigenvalue weighted by Gasteiger charge is -2.26. The Hall–Kier alpha value is -1.69.